The molecule has 1 aliphatic rings. The van der Waals surface area contributed by atoms with Gasteiger partial charge >= 0.3 is 11.9 Å². The highest BCUT2D eigenvalue weighted by atomic mass is 16.6. The van der Waals surface area contributed by atoms with Crippen molar-refractivity contribution in [3.05, 3.63) is 12.2 Å². The first-order chi connectivity index (χ1) is 11.3. The molecule has 0 heterocycles. The average molecular weight is 339 g/mol. The zero-order valence-corrected chi connectivity index (χ0v) is 15.6. The van der Waals surface area contributed by atoms with Crippen LogP contribution in [0.25, 0.3) is 0 Å². The summed E-state index contributed by atoms with van der Waals surface area (Å²) in [5, 5.41) is 3.17. The van der Waals surface area contributed by atoms with Crippen molar-refractivity contribution in [2.75, 3.05) is 19.7 Å². The molecule has 0 bridgehead atoms. The molecule has 1 fully saturated rings. The number of nitrogens with one attached hydrogen (secondary N) is 1. The molecule has 0 spiro atoms. The highest BCUT2D eigenvalue weighted by Gasteiger charge is 2.20. The van der Waals surface area contributed by atoms with Gasteiger partial charge < -0.3 is 14.8 Å². The zero-order chi connectivity index (χ0) is 18.0. The normalized spacial score (nSPS) is 21.7. The molecule has 138 valence electrons. The molecule has 0 aliphatic heterocycles. The SMILES string of the molecule is CCOC(=O)C=C[C@H]1CC[C@H](CCNCC(=O)OC(C)(C)C)CC1. The van der Waals surface area contributed by atoms with Gasteiger partial charge in [0.1, 0.15) is 5.60 Å². The molecule has 5 heteroatoms. The van der Waals surface area contributed by atoms with Crippen molar-refractivity contribution in [2.24, 2.45) is 11.8 Å². The lowest BCUT2D eigenvalue weighted by Gasteiger charge is -2.26. The maximum Gasteiger partial charge on any atom is 0.330 e. The second-order valence-corrected chi connectivity index (χ2v) is 7.44. The lowest BCUT2D eigenvalue weighted by molar-refractivity contribution is -0.153. The van der Waals surface area contributed by atoms with Crippen molar-refractivity contribution >= 4 is 11.9 Å². The molecule has 0 amide bonds. The molecule has 5 nitrogen and oxygen atoms in total. The van der Waals surface area contributed by atoms with Crippen LogP contribution < -0.4 is 5.32 Å². The van der Waals surface area contributed by atoms with Crippen LogP contribution >= 0.6 is 0 Å². The Morgan fingerprint density at radius 3 is 2.42 bits per heavy atom. The fourth-order valence-electron chi connectivity index (χ4n) is 2.95. The molecule has 0 aromatic heterocycles. The van der Waals surface area contributed by atoms with Gasteiger partial charge in [0.15, 0.2) is 0 Å². The lowest BCUT2D eigenvalue weighted by atomic mass is 9.80. The van der Waals surface area contributed by atoms with Gasteiger partial charge in [-0.2, -0.15) is 0 Å². The fourth-order valence-corrected chi connectivity index (χ4v) is 2.95. The van der Waals surface area contributed by atoms with E-state index in [1.807, 2.05) is 33.8 Å². The Bertz CT molecular complexity index is 418. The van der Waals surface area contributed by atoms with E-state index in [1.54, 1.807) is 6.08 Å². The lowest BCUT2D eigenvalue weighted by Crippen LogP contribution is -2.32. The second-order valence-electron chi connectivity index (χ2n) is 7.44. The van der Waals surface area contributed by atoms with Crippen LogP contribution in [0.4, 0.5) is 0 Å². The minimum atomic E-state index is -0.422. The zero-order valence-electron chi connectivity index (χ0n) is 15.6. The molecule has 1 saturated carbocycles. The number of hydrogen-bond acceptors (Lipinski definition) is 5. The molecule has 1 N–H and O–H groups in total. The molecular formula is C19H33NO4. The molecule has 0 atom stereocenters. The first-order valence-electron chi connectivity index (χ1n) is 9.07. The molecule has 1 rings (SSSR count). The summed E-state index contributed by atoms with van der Waals surface area (Å²) in [7, 11) is 0. The van der Waals surface area contributed by atoms with Gasteiger partial charge in [0.25, 0.3) is 0 Å². The van der Waals surface area contributed by atoms with Gasteiger partial charge in [-0.15, -0.1) is 0 Å². The number of carbonyl (C=O) groups is 2. The van der Waals surface area contributed by atoms with Gasteiger partial charge in [0.2, 0.25) is 0 Å². The molecule has 0 radical (unpaired) electrons. The maximum atomic E-state index is 11.6. The molecule has 0 saturated heterocycles. The summed E-state index contributed by atoms with van der Waals surface area (Å²) >= 11 is 0. The number of carbonyl (C=O) groups excluding carboxylic acids is 2. The van der Waals surface area contributed by atoms with Crippen molar-refractivity contribution in [3.8, 4) is 0 Å². The van der Waals surface area contributed by atoms with Crippen LogP contribution in [0.15, 0.2) is 12.2 Å². The number of hydrogen-bond donors (Lipinski definition) is 1. The summed E-state index contributed by atoms with van der Waals surface area (Å²) in [4.78, 5) is 22.9. The van der Waals surface area contributed by atoms with Crippen LogP contribution in [-0.2, 0) is 19.1 Å². The van der Waals surface area contributed by atoms with Gasteiger partial charge in [-0.3, -0.25) is 4.79 Å². The van der Waals surface area contributed by atoms with E-state index < -0.39 is 5.60 Å². The first-order valence-corrected chi connectivity index (χ1v) is 9.07. The van der Waals surface area contributed by atoms with Crippen LogP contribution in [0, 0.1) is 11.8 Å². The summed E-state index contributed by atoms with van der Waals surface area (Å²) in [6.45, 7) is 8.97. The molecule has 0 aromatic carbocycles. The smallest absolute Gasteiger partial charge is 0.330 e. The van der Waals surface area contributed by atoms with Crippen LogP contribution in [0.3, 0.4) is 0 Å². The van der Waals surface area contributed by atoms with Crippen LogP contribution in [0.1, 0.15) is 59.8 Å². The third-order valence-electron chi connectivity index (χ3n) is 4.10. The first kappa shape index (κ1) is 20.7. The van der Waals surface area contributed by atoms with E-state index in [2.05, 4.69) is 5.32 Å². The van der Waals surface area contributed by atoms with E-state index >= 15 is 0 Å². The summed E-state index contributed by atoms with van der Waals surface area (Å²) in [6, 6.07) is 0. The third-order valence-corrected chi connectivity index (χ3v) is 4.10. The van der Waals surface area contributed by atoms with Gasteiger partial charge in [-0.1, -0.05) is 6.08 Å². The minimum absolute atomic E-state index is 0.199. The quantitative estimate of drug-likeness (QED) is 0.418. The third kappa shape index (κ3) is 9.71. The van der Waals surface area contributed by atoms with Gasteiger partial charge in [0.05, 0.1) is 13.2 Å². The van der Waals surface area contributed by atoms with E-state index in [9.17, 15) is 9.59 Å². The van der Waals surface area contributed by atoms with Crippen molar-refractivity contribution < 1.29 is 19.1 Å². The van der Waals surface area contributed by atoms with Gasteiger partial charge in [-0.05, 0) is 78.2 Å². The van der Waals surface area contributed by atoms with Crippen LogP contribution in [0.5, 0.6) is 0 Å². The predicted octanol–water partition coefficient (Wildman–Crippen LogP) is 3.23. The van der Waals surface area contributed by atoms with Crippen LogP contribution in [0.2, 0.25) is 0 Å². The van der Waals surface area contributed by atoms with Gasteiger partial charge in [-0.25, -0.2) is 4.79 Å². The molecule has 0 unspecified atom stereocenters. The standard InChI is InChI=1S/C19H33NO4/c1-5-23-17(21)11-10-15-6-8-16(9-7-15)12-13-20-14-18(22)24-19(2,3)4/h10-11,15-16,20H,5-9,12-14H2,1-4H3/t15-,16-. The monoisotopic (exact) mass is 339 g/mol. The number of ether oxygens (including phenoxy) is 2. The summed E-state index contributed by atoms with van der Waals surface area (Å²) in [6.07, 6.45) is 9.22. The Hall–Kier alpha value is -1.36. The number of allylic oxidation sites excluding steroid dienone is 1. The minimum Gasteiger partial charge on any atom is -0.463 e. The van der Waals surface area contributed by atoms with E-state index in [-0.39, 0.29) is 18.5 Å². The van der Waals surface area contributed by atoms with Crippen molar-refractivity contribution in [1.82, 2.24) is 5.32 Å². The fraction of sp³-hybridized carbons (Fsp3) is 0.789. The predicted molar refractivity (Wildman–Crippen MR) is 94.6 cm³/mol. The van der Waals surface area contributed by atoms with E-state index in [1.165, 1.54) is 12.8 Å². The summed E-state index contributed by atoms with van der Waals surface area (Å²) in [5.74, 6) is 0.741. The molecule has 1 aliphatic carbocycles. The average Bonchev–Trinajstić information content (AvgIpc) is 2.49. The van der Waals surface area contributed by atoms with E-state index in [0.29, 0.717) is 18.4 Å². The second kappa shape index (κ2) is 10.5. The number of rotatable bonds is 8. The Balaban J connectivity index is 2.12. The Morgan fingerprint density at radius 2 is 1.83 bits per heavy atom. The summed E-state index contributed by atoms with van der Waals surface area (Å²) < 4.78 is 10.2. The Kier molecular flexibility index (Phi) is 9.04. The largest absolute Gasteiger partial charge is 0.463 e. The highest BCUT2D eigenvalue weighted by Crippen LogP contribution is 2.31. The maximum absolute atomic E-state index is 11.6. The highest BCUT2D eigenvalue weighted by molar-refractivity contribution is 5.81. The van der Waals surface area contributed by atoms with Gasteiger partial charge in [0, 0.05) is 6.08 Å². The topological polar surface area (TPSA) is 64.6 Å². The Labute approximate surface area is 146 Å². The number of esters is 2. The van der Waals surface area contributed by atoms with Crippen molar-refractivity contribution in [1.29, 1.82) is 0 Å². The van der Waals surface area contributed by atoms with Crippen molar-refractivity contribution in [3.63, 3.8) is 0 Å². The van der Waals surface area contributed by atoms with E-state index in [4.69, 9.17) is 9.47 Å². The Morgan fingerprint density at radius 1 is 1.17 bits per heavy atom. The molecule has 0 aromatic rings. The molecular weight excluding hydrogens is 306 g/mol. The van der Waals surface area contributed by atoms with Crippen LogP contribution in [-0.4, -0.2) is 37.2 Å². The van der Waals surface area contributed by atoms with Crippen molar-refractivity contribution in [2.45, 2.75) is 65.4 Å². The van der Waals surface area contributed by atoms with E-state index in [0.717, 1.165) is 25.8 Å². The summed E-state index contributed by atoms with van der Waals surface area (Å²) in [5.41, 5.74) is -0.422. The molecule has 24 heavy (non-hydrogen) atoms.